The number of hydrogen-bond acceptors (Lipinski definition) is 7. The van der Waals surface area contributed by atoms with E-state index in [4.69, 9.17) is 21.1 Å². The van der Waals surface area contributed by atoms with Crippen LogP contribution in [-0.4, -0.2) is 65.9 Å². The lowest BCUT2D eigenvalue weighted by Crippen LogP contribution is -2.49. The number of rotatable bonds is 5. The van der Waals surface area contributed by atoms with Gasteiger partial charge in [0.1, 0.15) is 21.8 Å². The first kappa shape index (κ1) is 36.6. The smallest absolute Gasteiger partial charge is 0.286 e. The van der Waals surface area contributed by atoms with Gasteiger partial charge < -0.3 is 19.5 Å². The maximum absolute atomic E-state index is 14.5. The Hall–Kier alpha value is -3.70. The van der Waals surface area contributed by atoms with E-state index in [1.54, 1.807) is 31.4 Å². The fraction of sp³-hybridized carbons (Fsp3) is 0.463. The number of aliphatic hydroxyl groups is 1. The maximum Gasteiger partial charge on any atom is 0.286 e. The van der Waals surface area contributed by atoms with Crippen LogP contribution in [0.4, 0.5) is 5.69 Å². The van der Waals surface area contributed by atoms with Crippen LogP contribution in [-0.2, 0) is 37.7 Å². The van der Waals surface area contributed by atoms with E-state index >= 15 is 0 Å². The summed E-state index contributed by atoms with van der Waals surface area (Å²) in [5, 5.41) is 11.5. The van der Waals surface area contributed by atoms with E-state index in [0.717, 1.165) is 54.9 Å². The molecule has 7 rings (SSSR count). The molecule has 1 saturated carbocycles. The molecule has 2 N–H and O–H groups in total. The number of allylic oxidation sites excluding steroid dienone is 1. The SMILES string of the molecule is CO[C@H]1/C=C\C[C@H](C)CS(=O)(NC(=O)[C@@H](O)Cc2ccccc2)=NC(=O)c2ccc3c(c2)N(C[C@@H]2CC[C@H]21)C[C@@]1(CCCc2cc(Cl)ccc21)CO3. The Labute approximate surface area is 312 Å². The summed E-state index contributed by atoms with van der Waals surface area (Å²) in [7, 11) is -1.88. The minimum atomic E-state index is -3.63. The van der Waals surface area contributed by atoms with Crippen LogP contribution in [0.15, 0.2) is 83.2 Å². The van der Waals surface area contributed by atoms with Crippen LogP contribution < -0.4 is 14.4 Å². The number of carbonyl (C=O) groups is 2. The number of nitrogens with one attached hydrogen (secondary N) is 1. The summed E-state index contributed by atoms with van der Waals surface area (Å²) in [6.07, 6.45) is 8.26. The van der Waals surface area contributed by atoms with E-state index in [-0.39, 0.29) is 35.2 Å². The Morgan fingerprint density at radius 1 is 1.17 bits per heavy atom. The second kappa shape index (κ2) is 15.3. The van der Waals surface area contributed by atoms with Crippen LogP contribution >= 0.6 is 11.6 Å². The quantitative estimate of drug-likeness (QED) is 0.280. The van der Waals surface area contributed by atoms with Gasteiger partial charge in [-0.15, -0.1) is 4.36 Å². The van der Waals surface area contributed by atoms with Crippen LogP contribution in [0.5, 0.6) is 5.75 Å². The van der Waals surface area contributed by atoms with Crippen molar-refractivity contribution < 1.29 is 28.4 Å². The second-order valence-corrected chi connectivity index (χ2v) is 17.6. The van der Waals surface area contributed by atoms with Crippen molar-refractivity contribution in [1.82, 2.24) is 4.72 Å². The number of ether oxygens (including phenoxy) is 2. The standard InChI is InChI=1S/C41H48ClN3O6S/c1-27-8-6-12-37(50-2)33-16-13-31(33)23-45-25-41(19-7-11-29-21-32(42)15-17-34(29)41)26-51-38-18-14-30(22-35(38)45)39(47)43-52(49,24-27)44-40(48)36(46)20-28-9-4-3-5-10-28/h3-6,9-10,12,14-15,17-18,21-22,27,31,33,36-37,46H,7-8,11,13,16,19-20,23-26H2,1-2H3,(H,43,44,47,48,49)/b12-6-/t27-,31-,33+,36-,37-,41-,52?/m0/s1. The van der Waals surface area contributed by atoms with Gasteiger partial charge in [-0.25, -0.2) is 4.21 Å². The Bertz CT molecular complexity index is 1960. The zero-order chi connectivity index (χ0) is 36.5. The van der Waals surface area contributed by atoms with Crippen molar-refractivity contribution in [3.05, 3.63) is 106 Å². The van der Waals surface area contributed by atoms with E-state index < -0.39 is 27.8 Å². The molecule has 11 heteroatoms. The highest BCUT2D eigenvalue weighted by atomic mass is 35.5. The first-order valence-electron chi connectivity index (χ1n) is 18.4. The predicted octanol–water partition coefficient (Wildman–Crippen LogP) is 6.69. The molecule has 52 heavy (non-hydrogen) atoms. The third-order valence-corrected chi connectivity index (χ3v) is 13.6. The molecule has 2 amide bonds. The average Bonchev–Trinajstić information content (AvgIpc) is 3.26. The molecule has 2 heterocycles. The number of halogens is 1. The molecule has 0 radical (unpaired) electrons. The Kier molecular flexibility index (Phi) is 10.8. The van der Waals surface area contributed by atoms with E-state index in [1.807, 2.05) is 43.3 Å². The lowest BCUT2D eigenvalue weighted by Gasteiger charge is -2.46. The highest BCUT2D eigenvalue weighted by molar-refractivity contribution is 7.92. The van der Waals surface area contributed by atoms with Gasteiger partial charge in [0.05, 0.1) is 24.2 Å². The number of aliphatic hydroxyl groups excluding tert-OH is 1. The minimum Gasteiger partial charge on any atom is -0.490 e. The molecule has 0 aromatic heterocycles. The third kappa shape index (κ3) is 7.81. The van der Waals surface area contributed by atoms with E-state index in [2.05, 4.69) is 32.2 Å². The van der Waals surface area contributed by atoms with E-state index in [1.165, 1.54) is 11.1 Å². The van der Waals surface area contributed by atoms with Gasteiger partial charge in [-0.3, -0.25) is 14.3 Å². The maximum atomic E-state index is 14.5. The topological polar surface area (TPSA) is 118 Å². The first-order valence-corrected chi connectivity index (χ1v) is 20.4. The van der Waals surface area contributed by atoms with Gasteiger partial charge in [-0.2, -0.15) is 0 Å². The lowest BCUT2D eigenvalue weighted by molar-refractivity contribution is -0.127. The fourth-order valence-corrected chi connectivity index (χ4v) is 10.7. The zero-order valence-electron chi connectivity index (χ0n) is 29.8. The largest absolute Gasteiger partial charge is 0.490 e. The molecule has 276 valence electrons. The first-order chi connectivity index (χ1) is 25.0. The number of fused-ring (bicyclic) bond motifs is 4. The van der Waals surface area contributed by atoms with Gasteiger partial charge in [0.25, 0.3) is 11.8 Å². The third-order valence-electron chi connectivity index (χ3n) is 11.3. The number of anilines is 1. The molecule has 3 aromatic carbocycles. The zero-order valence-corrected chi connectivity index (χ0v) is 31.4. The number of nitrogens with zero attached hydrogens (tertiary/aromatic N) is 2. The Morgan fingerprint density at radius 2 is 2.00 bits per heavy atom. The highest BCUT2D eigenvalue weighted by Crippen LogP contribution is 2.47. The van der Waals surface area contributed by atoms with E-state index in [9.17, 15) is 18.9 Å². The normalized spacial score (nSPS) is 30.0. The molecule has 1 fully saturated rings. The summed E-state index contributed by atoms with van der Waals surface area (Å²) in [6, 6.07) is 20.6. The van der Waals surface area contributed by atoms with Crippen LogP contribution in [0.2, 0.25) is 5.02 Å². The lowest BCUT2D eigenvalue weighted by atomic mass is 9.68. The summed E-state index contributed by atoms with van der Waals surface area (Å²) in [4.78, 5) is 29.6. The van der Waals surface area contributed by atoms with Gasteiger partial charge in [-0.1, -0.05) is 67.1 Å². The van der Waals surface area contributed by atoms with Crippen molar-refractivity contribution in [2.24, 2.45) is 22.1 Å². The van der Waals surface area contributed by atoms with Gasteiger partial charge in [-0.05, 0) is 103 Å². The summed E-state index contributed by atoms with van der Waals surface area (Å²) < 4.78 is 33.9. The van der Waals surface area contributed by atoms with Crippen LogP contribution in [0.25, 0.3) is 0 Å². The summed E-state index contributed by atoms with van der Waals surface area (Å²) in [5.74, 6) is -0.424. The molecule has 2 aliphatic carbocycles. The molecule has 3 aromatic rings. The molecule has 2 bridgehead atoms. The van der Waals surface area contributed by atoms with Gasteiger partial charge in [0.2, 0.25) is 0 Å². The number of aryl methyl sites for hydroxylation is 1. The summed E-state index contributed by atoms with van der Waals surface area (Å²) >= 11 is 6.45. The van der Waals surface area contributed by atoms with E-state index in [0.29, 0.717) is 37.2 Å². The van der Waals surface area contributed by atoms with Gasteiger partial charge >= 0.3 is 0 Å². The monoisotopic (exact) mass is 745 g/mol. The molecule has 1 unspecified atom stereocenters. The average molecular weight is 746 g/mol. The van der Waals surface area contributed by atoms with Crippen LogP contribution in [0, 0.1) is 17.8 Å². The summed E-state index contributed by atoms with van der Waals surface area (Å²) in [5.41, 5.74) is 4.04. The number of benzene rings is 3. The van der Waals surface area contributed by atoms with Crippen molar-refractivity contribution in [3.8, 4) is 5.75 Å². The molecule has 1 spiro atoms. The molecular formula is C41H48ClN3O6S. The highest BCUT2D eigenvalue weighted by Gasteiger charge is 2.44. The minimum absolute atomic E-state index is 0.0364. The second-order valence-electron chi connectivity index (χ2n) is 15.1. The molecule has 9 nitrogen and oxygen atoms in total. The Balaban J connectivity index is 1.26. The van der Waals surface area contributed by atoms with Crippen molar-refractivity contribution in [2.75, 3.05) is 37.5 Å². The molecule has 2 aliphatic heterocycles. The molecular weight excluding hydrogens is 698 g/mol. The van der Waals surface area contributed by atoms with Crippen LogP contribution in [0.1, 0.15) is 66.1 Å². The van der Waals surface area contributed by atoms with Gasteiger partial charge in [0, 0.05) is 42.6 Å². The number of carbonyl (C=O) groups excluding carboxylic acids is 2. The van der Waals surface area contributed by atoms with Gasteiger partial charge in [0.15, 0.2) is 0 Å². The fourth-order valence-electron chi connectivity index (χ4n) is 8.52. The number of methoxy groups -OCH3 is 1. The molecule has 0 saturated heterocycles. The molecule has 7 atom stereocenters. The Morgan fingerprint density at radius 3 is 2.77 bits per heavy atom. The predicted molar refractivity (Wildman–Crippen MR) is 204 cm³/mol. The van der Waals surface area contributed by atoms with Crippen molar-refractivity contribution in [2.45, 2.75) is 69.5 Å². The van der Waals surface area contributed by atoms with Crippen molar-refractivity contribution >= 4 is 39.0 Å². The number of amides is 2. The van der Waals surface area contributed by atoms with Crippen molar-refractivity contribution in [3.63, 3.8) is 0 Å². The molecule has 4 aliphatic rings. The summed E-state index contributed by atoms with van der Waals surface area (Å²) in [6.45, 7) is 3.86. The number of hydrogen-bond donors (Lipinski definition) is 2. The van der Waals surface area contributed by atoms with Crippen LogP contribution in [0.3, 0.4) is 0 Å². The van der Waals surface area contributed by atoms with Crippen molar-refractivity contribution in [1.29, 1.82) is 0 Å².